The lowest BCUT2D eigenvalue weighted by atomic mass is 10.1. The molecule has 0 saturated heterocycles. The van der Waals surface area contributed by atoms with Crippen molar-refractivity contribution < 1.29 is 13.6 Å². The fraction of sp³-hybridized carbons (Fsp3) is 0.0400. The molecule has 0 bridgehead atoms. The molecular weight excluding hydrogens is 414 g/mol. The maximum Gasteiger partial charge on any atom is 0.291 e. The molecule has 0 aliphatic carbocycles. The lowest BCUT2D eigenvalue weighted by Gasteiger charge is -2.08. The minimum atomic E-state index is -0.424. The second-order valence-electron chi connectivity index (χ2n) is 7.25. The number of hydrogen-bond donors (Lipinski definition) is 1. The number of amides is 1. The number of hydrogen-bond acceptors (Lipinski definition) is 4. The van der Waals surface area contributed by atoms with Crippen molar-refractivity contribution in [2.24, 2.45) is 0 Å². The van der Waals surface area contributed by atoms with E-state index in [4.69, 9.17) is 20.4 Å². The molecule has 152 valence electrons. The van der Waals surface area contributed by atoms with Crippen LogP contribution in [-0.4, -0.2) is 5.91 Å². The highest BCUT2D eigenvalue weighted by Crippen LogP contribution is 2.27. The number of anilines is 1. The zero-order chi connectivity index (χ0) is 21.5. The molecule has 0 spiro atoms. The van der Waals surface area contributed by atoms with Crippen LogP contribution < -0.4 is 10.7 Å². The van der Waals surface area contributed by atoms with Gasteiger partial charge < -0.3 is 14.2 Å². The molecule has 0 saturated carbocycles. The van der Waals surface area contributed by atoms with E-state index < -0.39 is 5.91 Å². The standard InChI is InChI=1S/C25H16ClNO4/c1-14-4-2-3-5-18(14)23-13-20(28)19-12-17(7-9-22(19)31-23)27-25(29)24-11-15-10-16(26)6-8-21(15)30-24/h2-13H,1H3,(H,27,29). The zero-order valence-electron chi connectivity index (χ0n) is 16.4. The van der Waals surface area contributed by atoms with E-state index >= 15 is 0 Å². The third-order valence-corrected chi connectivity index (χ3v) is 5.33. The van der Waals surface area contributed by atoms with Crippen LogP contribution in [0.3, 0.4) is 0 Å². The van der Waals surface area contributed by atoms with E-state index in [-0.39, 0.29) is 11.2 Å². The summed E-state index contributed by atoms with van der Waals surface area (Å²) in [6, 6.07) is 20.9. The fourth-order valence-corrected chi connectivity index (χ4v) is 3.72. The number of nitrogens with one attached hydrogen (secondary N) is 1. The Morgan fingerprint density at radius 1 is 0.903 bits per heavy atom. The van der Waals surface area contributed by atoms with Crippen LogP contribution in [0.15, 0.2) is 86.4 Å². The summed E-state index contributed by atoms with van der Waals surface area (Å²) in [5, 5.41) is 4.44. The van der Waals surface area contributed by atoms with Crippen molar-refractivity contribution in [3.05, 3.63) is 99.4 Å². The van der Waals surface area contributed by atoms with Crippen LogP contribution in [0.5, 0.6) is 0 Å². The van der Waals surface area contributed by atoms with Gasteiger partial charge in [0, 0.05) is 27.7 Å². The maximum absolute atomic E-state index is 12.7. The van der Waals surface area contributed by atoms with Crippen molar-refractivity contribution in [3.8, 4) is 11.3 Å². The number of halogens is 1. The van der Waals surface area contributed by atoms with Gasteiger partial charge in [-0.1, -0.05) is 35.9 Å². The number of aryl methyl sites for hydroxylation is 1. The molecule has 31 heavy (non-hydrogen) atoms. The average molecular weight is 430 g/mol. The molecule has 3 aromatic carbocycles. The number of carbonyl (C=O) groups excluding carboxylic acids is 1. The lowest BCUT2D eigenvalue weighted by molar-refractivity contribution is 0.0998. The Hall–Kier alpha value is -3.83. The Kier molecular flexibility index (Phi) is 4.60. The Labute approximate surface area is 181 Å². The van der Waals surface area contributed by atoms with Gasteiger partial charge in [0.05, 0.1) is 5.39 Å². The molecule has 0 unspecified atom stereocenters. The molecule has 6 heteroatoms. The summed E-state index contributed by atoms with van der Waals surface area (Å²) >= 11 is 5.99. The van der Waals surface area contributed by atoms with Gasteiger partial charge in [0.15, 0.2) is 11.2 Å². The van der Waals surface area contributed by atoms with Crippen LogP contribution in [0.2, 0.25) is 5.02 Å². The van der Waals surface area contributed by atoms with Gasteiger partial charge in [0.1, 0.15) is 16.9 Å². The van der Waals surface area contributed by atoms with Gasteiger partial charge in [-0.2, -0.15) is 0 Å². The third kappa shape index (κ3) is 3.60. The molecule has 0 aliphatic rings. The van der Waals surface area contributed by atoms with E-state index in [0.717, 1.165) is 16.5 Å². The monoisotopic (exact) mass is 429 g/mol. The SMILES string of the molecule is Cc1ccccc1-c1cc(=O)c2cc(NC(=O)c3cc4cc(Cl)ccc4o3)ccc2o1. The molecule has 2 heterocycles. The fourth-order valence-electron chi connectivity index (χ4n) is 3.53. The molecule has 5 nitrogen and oxygen atoms in total. The summed E-state index contributed by atoms with van der Waals surface area (Å²) < 4.78 is 11.6. The molecule has 5 aromatic rings. The average Bonchev–Trinajstić information content (AvgIpc) is 3.18. The zero-order valence-corrected chi connectivity index (χ0v) is 17.2. The summed E-state index contributed by atoms with van der Waals surface area (Å²) in [4.78, 5) is 25.4. The van der Waals surface area contributed by atoms with Crippen LogP contribution in [0, 0.1) is 6.92 Å². The quantitative estimate of drug-likeness (QED) is 0.359. The molecule has 2 aromatic heterocycles. The van der Waals surface area contributed by atoms with Crippen LogP contribution in [-0.2, 0) is 0 Å². The summed E-state index contributed by atoms with van der Waals surface area (Å²) in [7, 11) is 0. The molecule has 1 N–H and O–H groups in total. The molecule has 5 rings (SSSR count). The first-order valence-corrected chi connectivity index (χ1v) is 10.00. The Morgan fingerprint density at radius 2 is 1.71 bits per heavy atom. The molecule has 0 aliphatic heterocycles. The molecule has 0 radical (unpaired) electrons. The second kappa shape index (κ2) is 7.45. The minimum absolute atomic E-state index is 0.152. The molecule has 1 amide bonds. The van der Waals surface area contributed by atoms with Crippen molar-refractivity contribution in [2.45, 2.75) is 6.92 Å². The highest BCUT2D eigenvalue weighted by molar-refractivity contribution is 6.31. The van der Waals surface area contributed by atoms with Gasteiger partial charge in [-0.3, -0.25) is 9.59 Å². The smallest absolute Gasteiger partial charge is 0.291 e. The first-order chi connectivity index (χ1) is 15.0. The molecular formula is C25H16ClNO4. The second-order valence-corrected chi connectivity index (χ2v) is 7.68. The van der Waals surface area contributed by atoms with E-state index in [1.54, 1.807) is 42.5 Å². The predicted octanol–water partition coefficient (Wildman–Crippen LogP) is 6.42. The summed E-state index contributed by atoms with van der Waals surface area (Å²) in [5.41, 5.74) is 3.17. The van der Waals surface area contributed by atoms with Gasteiger partial charge in [-0.15, -0.1) is 0 Å². The van der Waals surface area contributed by atoms with Crippen molar-refractivity contribution in [1.29, 1.82) is 0 Å². The van der Waals surface area contributed by atoms with Crippen LogP contribution >= 0.6 is 11.6 Å². The number of carbonyl (C=O) groups is 1. The maximum atomic E-state index is 12.7. The number of rotatable bonds is 3. The van der Waals surface area contributed by atoms with Crippen molar-refractivity contribution in [1.82, 2.24) is 0 Å². The van der Waals surface area contributed by atoms with Crippen molar-refractivity contribution >= 4 is 45.1 Å². The van der Waals surface area contributed by atoms with Gasteiger partial charge >= 0.3 is 0 Å². The van der Waals surface area contributed by atoms with Gasteiger partial charge in [-0.25, -0.2) is 0 Å². The topological polar surface area (TPSA) is 72.5 Å². The number of furan rings is 1. The Balaban J connectivity index is 1.47. The predicted molar refractivity (Wildman–Crippen MR) is 122 cm³/mol. The van der Waals surface area contributed by atoms with Crippen molar-refractivity contribution in [2.75, 3.05) is 5.32 Å². The highest BCUT2D eigenvalue weighted by atomic mass is 35.5. The van der Waals surface area contributed by atoms with Gasteiger partial charge in [0.2, 0.25) is 0 Å². The van der Waals surface area contributed by atoms with Crippen LogP contribution in [0.25, 0.3) is 33.3 Å². The summed E-state index contributed by atoms with van der Waals surface area (Å²) in [6.45, 7) is 1.96. The Bertz CT molecular complexity index is 1530. The number of fused-ring (bicyclic) bond motifs is 2. The van der Waals surface area contributed by atoms with Gasteiger partial charge in [0.25, 0.3) is 5.91 Å². The van der Waals surface area contributed by atoms with Crippen molar-refractivity contribution in [3.63, 3.8) is 0 Å². The third-order valence-electron chi connectivity index (χ3n) is 5.10. The van der Waals surface area contributed by atoms with Gasteiger partial charge in [-0.05, 0) is 55.0 Å². The number of benzene rings is 3. The molecule has 0 atom stereocenters. The van der Waals surface area contributed by atoms with E-state index in [1.807, 2.05) is 31.2 Å². The summed E-state index contributed by atoms with van der Waals surface area (Å²) in [5.74, 6) is 0.236. The lowest BCUT2D eigenvalue weighted by Crippen LogP contribution is -2.11. The molecule has 0 fully saturated rings. The summed E-state index contributed by atoms with van der Waals surface area (Å²) in [6.07, 6.45) is 0. The highest BCUT2D eigenvalue weighted by Gasteiger charge is 2.14. The first kappa shape index (κ1) is 19.2. The van der Waals surface area contributed by atoms with Crippen LogP contribution in [0.4, 0.5) is 5.69 Å². The van der Waals surface area contributed by atoms with E-state index in [0.29, 0.717) is 33.0 Å². The van der Waals surface area contributed by atoms with E-state index in [1.165, 1.54) is 6.07 Å². The normalized spacial score (nSPS) is 11.2. The van der Waals surface area contributed by atoms with Crippen LogP contribution in [0.1, 0.15) is 16.1 Å². The first-order valence-electron chi connectivity index (χ1n) is 9.62. The van der Waals surface area contributed by atoms with E-state index in [9.17, 15) is 9.59 Å². The van der Waals surface area contributed by atoms with E-state index in [2.05, 4.69) is 5.32 Å². The Morgan fingerprint density at radius 3 is 2.55 bits per heavy atom. The minimum Gasteiger partial charge on any atom is -0.456 e. The largest absolute Gasteiger partial charge is 0.456 e.